The van der Waals surface area contributed by atoms with E-state index in [9.17, 15) is 13.0 Å². The molecular weight excluding hydrogens is 270 g/mol. The Labute approximate surface area is 109 Å². The molecule has 4 nitrogen and oxygen atoms in total. The van der Waals surface area contributed by atoms with Crippen LogP contribution < -0.4 is 0 Å². The van der Waals surface area contributed by atoms with Crippen molar-refractivity contribution in [2.75, 3.05) is 5.75 Å². The molecule has 1 aromatic carbocycles. The molecule has 1 aromatic heterocycles. The van der Waals surface area contributed by atoms with Crippen molar-refractivity contribution in [3.05, 3.63) is 43.1 Å². The quantitative estimate of drug-likeness (QED) is 0.530. The normalized spacial score (nSPS) is 11.6. The highest BCUT2D eigenvalue weighted by Gasteiger charge is 2.16. The van der Waals surface area contributed by atoms with Crippen molar-refractivity contribution in [3.63, 3.8) is 0 Å². The molecule has 6 heteroatoms. The Balaban J connectivity index is 2.70. The second-order valence-corrected chi connectivity index (χ2v) is 5.99. The third-order valence-corrected chi connectivity index (χ3v) is 4.28. The van der Waals surface area contributed by atoms with Gasteiger partial charge in [0.15, 0.2) is 0 Å². The molecule has 94 valence electrons. The number of hydrogen-bond donors (Lipinski definition) is 1. The van der Waals surface area contributed by atoms with Gasteiger partial charge in [0.2, 0.25) is 0 Å². The second kappa shape index (κ2) is 5.09. The highest BCUT2D eigenvalue weighted by atomic mass is 32.2. The number of hydrogen-bond acceptors (Lipinski definition) is 4. The monoisotopic (exact) mass is 281 g/mol. The molecule has 0 saturated carbocycles. The van der Waals surface area contributed by atoms with Crippen molar-refractivity contribution in [2.45, 2.75) is 9.79 Å². The van der Waals surface area contributed by atoms with Crippen LogP contribution in [0, 0.1) is 0 Å². The van der Waals surface area contributed by atoms with E-state index < -0.39 is 10.1 Å². The first kappa shape index (κ1) is 13.1. The Kier molecular flexibility index (Phi) is 3.70. The van der Waals surface area contributed by atoms with Crippen LogP contribution in [0.25, 0.3) is 10.9 Å². The SMILES string of the molecule is C=CCSc1ccc(S(=O)(=O)O)c2cccnc12. The lowest BCUT2D eigenvalue weighted by Gasteiger charge is -2.07. The van der Waals surface area contributed by atoms with Crippen LogP contribution in [0.2, 0.25) is 0 Å². The van der Waals surface area contributed by atoms with Crippen molar-refractivity contribution in [3.8, 4) is 0 Å². The van der Waals surface area contributed by atoms with Crippen molar-refractivity contribution >= 4 is 32.8 Å². The topological polar surface area (TPSA) is 67.3 Å². The fourth-order valence-electron chi connectivity index (χ4n) is 1.61. The fourth-order valence-corrected chi connectivity index (χ4v) is 3.05. The maximum Gasteiger partial charge on any atom is 0.295 e. The molecule has 0 atom stereocenters. The van der Waals surface area contributed by atoms with E-state index in [0.717, 1.165) is 4.90 Å². The summed E-state index contributed by atoms with van der Waals surface area (Å²) < 4.78 is 31.7. The van der Waals surface area contributed by atoms with Crippen LogP contribution in [-0.2, 0) is 10.1 Å². The third-order valence-electron chi connectivity index (χ3n) is 2.33. The predicted molar refractivity (Wildman–Crippen MR) is 72.5 cm³/mol. The summed E-state index contributed by atoms with van der Waals surface area (Å²) in [6, 6.07) is 6.31. The summed E-state index contributed by atoms with van der Waals surface area (Å²) in [5, 5.41) is 0.425. The summed E-state index contributed by atoms with van der Waals surface area (Å²) in [5.41, 5.74) is 0.569. The maximum atomic E-state index is 11.3. The van der Waals surface area contributed by atoms with Gasteiger partial charge in [-0.05, 0) is 24.3 Å². The summed E-state index contributed by atoms with van der Waals surface area (Å²) in [4.78, 5) is 4.92. The Morgan fingerprint density at radius 3 is 2.83 bits per heavy atom. The highest BCUT2D eigenvalue weighted by Crippen LogP contribution is 2.30. The van der Waals surface area contributed by atoms with Gasteiger partial charge in [-0.2, -0.15) is 8.42 Å². The van der Waals surface area contributed by atoms with Gasteiger partial charge in [-0.25, -0.2) is 0 Å². The Hall–Kier alpha value is -1.37. The summed E-state index contributed by atoms with van der Waals surface area (Å²) in [6.07, 6.45) is 3.35. The van der Waals surface area contributed by atoms with E-state index >= 15 is 0 Å². The van der Waals surface area contributed by atoms with Gasteiger partial charge in [-0.3, -0.25) is 9.54 Å². The molecule has 0 aliphatic rings. The summed E-state index contributed by atoms with van der Waals surface area (Å²) in [6.45, 7) is 3.64. The Morgan fingerprint density at radius 1 is 1.39 bits per heavy atom. The number of thioether (sulfide) groups is 1. The first-order valence-electron chi connectivity index (χ1n) is 5.13. The van der Waals surface area contributed by atoms with Gasteiger partial charge in [0, 0.05) is 22.2 Å². The van der Waals surface area contributed by atoms with Gasteiger partial charge in [0.1, 0.15) is 4.90 Å². The molecule has 0 radical (unpaired) electrons. The first-order chi connectivity index (χ1) is 8.54. The van der Waals surface area contributed by atoms with Gasteiger partial charge in [0.25, 0.3) is 10.1 Å². The number of aromatic nitrogens is 1. The molecule has 0 spiro atoms. The van der Waals surface area contributed by atoms with E-state index in [4.69, 9.17) is 0 Å². The van der Waals surface area contributed by atoms with E-state index in [-0.39, 0.29) is 4.90 Å². The molecule has 18 heavy (non-hydrogen) atoms. The van der Waals surface area contributed by atoms with Gasteiger partial charge in [-0.15, -0.1) is 18.3 Å². The maximum absolute atomic E-state index is 11.3. The number of rotatable bonds is 4. The molecule has 2 rings (SSSR count). The lowest BCUT2D eigenvalue weighted by molar-refractivity contribution is 0.484. The van der Waals surface area contributed by atoms with E-state index in [0.29, 0.717) is 16.7 Å². The summed E-state index contributed by atoms with van der Waals surface area (Å²) in [5.74, 6) is 0.705. The van der Waals surface area contributed by atoms with Crippen molar-refractivity contribution < 1.29 is 13.0 Å². The average molecular weight is 281 g/mol. The molecule has 0 unspecified atom stereocenters. The third kappa shape index (κ3) is 2.55. The van der Waals surface area contributed by atoms with Crippen LogP contribution in [0.4, 0.5) is 0 Å². The average Bonchev–Trinajstić information content (AvgIpc) is 2.34. The number of pyridine rings is 1. The van der Waals surface area contributed by atoms with E-state index in [1.165, 1.54) is 17.8 Å². The smallest absolute Gasteiger partial charge is 0.282 e. The van der Waals surface area contributed by atoms with Crippen LogP contribution >= 0.6 is 11.8 Å². The van der Waals surface area contributed by atoms with E-state index in [2.05, 4.69) is 11.6 Å². The zero-order valence-corrected chi connectivity index (χ0v) is 11.0. The number of fused-ring (bicyclic) bond motifs is 1. The largest absolute Gasteiger partial charge is 0.295 e. The predicted octanol–water partition coefficient (Wildman–Crippen LogP) is 2.76. The van der Waals surface area contributed by atoms with Crippen molar-refractivity contribution in [2.24, 2.45) is 0 Å². The minimum atomic E-state index is -4.24. The van der Waals surface area contributed by atoms with Gasteiger partial charge >= 0.3 is 0 Å². The molecule has 0 fully saturated rings. The Bertz CT molecular complexity index is 696. The van der Waals surface area contributed by atoms with Crippen molar-refractivity contribution in [1.29, 1.82) is 0 Å². The molecule has 0 bridgehead atoms. The van der Waals surface area contributed by atoms with Crippen LogP contribution in [-0.4, -0.2) is 23.7 Å². The number of nitrogens with zero attached hydrogens (tertiary/aromatic N) is 1. The lowest BCUT2D eigenvalue weighted by atomic mass is 10.2. The van der Waals surface area contributed by atoms with E-state index in [1.54, 1.807) is 30.5 Å². The summed E-state index contributed by atoms with van der Waals surface area (Å²) in [7, 11) is -4.24. The molecule has 1 heterocycles. The lowest BCUT2D eigenvalue weighted by Crippen LogP contribution is -2.00. The molecular formula is C12H11NO3S2. The zero-order valence-electron chi connectivity index (χ0n) is 9.41. The zero-order chi connectivity index (χ0) is 13.2. The second-order valence-electron chi connectivity index (χ2n) is 3.54. The van der Waals surface area contributed by atoms with Crippen LogP contribution in [0.1, 0.15) is 0 Å². The molecule has 0 aliphatic heterocycles. The van der Waals surface area contributed by atoms with Gasteiger partial charge in [0.05, 0.1) is 5.52 Å². The minimum absolute atomic E-state index is 0.117. The van der Waals surface area contributed by atoms with Crippen LogP contribution in [0.15, 0.2) is 52.9 Å². The minimum Gasteiger partial charge on any atom is -0.282 e. The standard InChI is InChI=1S/C12H11NO3S2/c1-2-8-17-10-5-6-11(18(14,15)16)9-4-3-7-13-12(9)10/h2-7H,1,8H2,(H,14,15,16). The van der Waals surface area contributed by atoms with Crippen molar-refractivity contribution in [1.82, 2.24) is 4.98 Å². The molecule has 0 amide bonds. The van der Waals surface area contributed by atoms with Gasteiger partial charge in [-0.1, -0.05) is 6.08 Å². The first-order valence-corrected chi connectivity index (χ1v) is 7.55. The van der Waals surface area contributed by atoms with Gasteiger partial charge < -0.3 is 0 Å². The molecule has 0 saturated heterocycles. The fraction of sp³-hybridized carbons (Fsp3) is 0.0833. The molecule has 2 aromatic rings. The van der Waals surface area contributed by atoms with Crippen LogP contribution in [0.3, 0.4) is 0 Å². The van der Waals surface area contributed by atoms with Crippen LogP contribution in [0.5, 0.6) is 0 Å². The van der Waals surface area contributed by atoms with E-state index in [1.807, 2.05) is 0 Å². The molecule has 1 N–H and O–H groups in total. The highest BCUT2D eigenvalue weighted by molar-refractivity contribution is 7.99. The molecule has 0 aliphatic carbocycles. The number of benzene rings is 1. The summed E-state index contributed by atoms with van der Waals surface area (Å²) >= 11 is 1.51. The Morgan fingerprint density at radius 2 is 2.17 bits per heavy atom.